The molecule has 1 aliphatic rings. The third kappa shape index (κ3) is 4.03. The van der Waals surface area contributed by atoms with E-state index >= 15 is 0 Å². The van der Waals surface area contributed by atoms with E-state index in [2.05, 4.69) is 19.3 Å². The molecule has 1 aromatic carbocycles. The van der Waals surface area contributed by atoms with Crippen molar-refractivity contribution >= 4 is 11.8 Å². The van der Waals surface area contributed by atoms with Crippen molar-refractivity contribution in [2.24, 2.45) is 5.92 Å². The van der Waals surface area contributed by atoms with Crippen molar-refractivity contribution < 1.29 is 14.3 Å². The number of hydrogen-bond acceptors (Lipinski definition) is 3. The lowest BCUT2D eigenvalue weighted by molar-refractivity contribution is -0.142. The molecule has 1 N–H and O–H groups in total. The van der Waals surface area contributed by atoms with Crippen LogP contribution < -0.4 is 10.2 Å². The Hall–Kier alpha value is -2.04. The molecule has 2 rings (SSSR count). The molecule has 1 heterocycles. The van der Waals surface area contributed by atoms with E-state index in [1.807, 2.05) is 24.3 Å². The van der Waals surface area contributed by atoms with Gasteiger partial charge in [-0.25, -0.2) is 5.01 Å². The molecular weight excluding hydrogens is 292 g/mol. The zero-order valence-electron chi connectivity index (χ0n) is 14.2. The van der Waals surface area contributed by atoms with E-state index in [1.165, 1.54) is 0 Å². The number of rotatable bonds is 7. The summed E-state index contributed by atoms with van der Waals surface area (Å²) in [5, 5.41) is 1.54. The summed E-state index contributed by atoms with van der Waals surface area (Å²) in [7, 11) is 1.62. The zero-order chi connectivity index (χ0) is 16.8. The van der Waals surface area contributed by atoms with Crippen LogP contribution in [-0.2, 0) is 9.59 Å². The number of amides is 2. The molecule has 0 spiro atoms. The number of benzene rings is 1. The van der Waals surface area contributed by atoms with Gasteiger partial charge in [-0.15, -0.1) is 0 Å². The van der Waals surface area contributed by atoms with Crippen LogP contribution in [0.4, 0.5) is 0 Å². The fourth-order valence-electron chi connectivity index (χ4n) is 3.11. The standard InChI is InChI=1S/C18H26N2O3/c1-4-6-14(7-5-2)18(22)20-16(12-17(21)19-20)13-8-10-15(23-3)11-9-13/h8-11,14,16H,4-7,12H2,1-3H3,(H,19,21). The lowest BCUT2D eigenvalue weighted by atomic mass is 9.95. The summed E-state index contributed by atoms with van der Waals surface area (Å²) in [6, 6.07) is 7.31. The van der Waals surface area contributed by atoms with E-state index in [9.17, 15) is 9.59 Å². The quantitative estimate of drug-likeness (QED) is 0.840. The van der Waals surface area contributed by atoms with Crippen LogP contribution in [0, 0.1) is 5.92 Å². The molecule has 0 bridgehead atoms. The summed E-state index contributed by atoms with van der Waals surface area (Å²) in [6.07, 6.45) is 3.95. The average molecular weight is 318 g/mol. The molecule has 1 fully saturated rings. The van der Waals surface area contributed by atoms with Crippen molar-refractivity contribution in [2.75, 3.05) is 7.11 Å². The topological polar surface area (TPSA) is 58.6 Å². The van der Waals surface area contributed by atoms with E-state index in [0.717, 1.165) is 37.0 Å². The van der Waals surface area contributed by atoms with Crippen LogP contribution in [0.15, 0.2) is 24.3 Å². The highest BCUT2D eigenvalue weighted by molar-refractivity contribution is 5.87. The van der Waals surface area contributed by atoms with Gasteiger partial charge in [0.05, 0.1) is 19.6 Å². The number of hydrazine groups is 1. The van der Waals surface area contributed by atoms with Crippen molar-refractivity contribution in [2.45, 2.75) is 52.0 Å². The van der Waals surface area contributed by atoms with E-state index in [4.69, 9.17) is 4.74 Å². The van der Waals surface area contributed by atoms with Crippen LogP contribution in [0.1, 0.15) is 57.6 Å². The summed E-state index contributed by atoms with van der Waals surface area (Å²) in [6.45, 7) is 4.17. The summed E-state index contributed by atoms with van der Waals surface area (Å²) in [5.74, 6) is 0.661. The number of carbonyl (C=O) groups is 2. The molecular formula is C18H26N2O3. The predicted octanol–water partition coefficient (Wildman–Crippen LogP) is 3.22. The minimum Gasteiger partial charge on any atom is -0.497 e. The first-order chi connectivity index (χ1) is 11.1. The van der Waals surface area contributed by atoms with Crippen molar-refractivity contribution in [3.8, 4) is 5.75 Å². The summed E-state index contributed by atoms with van der Waals surface area (Å²) >= 11 is 0. The highest BCUT2D eigenvalue weighted by atomic mass is 16.5. The number of nitrogens with zero attached hydrogens (tertiary/aromatic N) is 1. The summed E-state index contributed by atoms with van der Waals surface area (Å²) in [4.78, 5) is 24.7. The fraction of sp³-hybridized carbons (Fsp3) is 0.556. The first-order valence-corrected chi connectivity index (χ1v) is 8.37. The molecule has 1 aromatic rings. The Kier molecular flexibility index (Phi) is 6.02. The molecule has 5 heteroatoms. The Morgan fingerprint density at radius 3 is 2.39 bits per heavy atom. The molecule has 1 atom stereocenters. The number of carbonyl (C=O) groups excluding carboxylic acids is 2. The lowest BCUT2D eigenvalue weighted by Crippen LogP contribution is -2.43. The minimum atomic E-state index is -0.239. The molecule has 0 radical (unpaired) electrons. The lowest BCUT2D eigenvalue weighted by Gasteiger charge is -2.28. The Balaban J connectivity index is 2.20. The molecule has 1 unspecified atom stereocenters. The fourth-order valence-corrected chi connectivity index (χ4v) is 3.11. The van der Waals surface area contributed by atoms with Crippen LogP contribution in [0.5, 0.6) is 5.75 Å². The van der Waals surface area contributed by atoms with E-state index in [1.54, 1.807) is 12.1 Å². The second kappa shape index (κ2) is 7.99. The molecule has 126 valence electrons. The number of methoxy groups -OCH3 is 1. The predicted molar refractivity (Wildman–Crippen MR) is 88.6 cm³/mol. The maximum atomic E-state index is 12.9. The highest BCUT2D eigenvalue weighted by Gasteiger charge is 2.37. The van der Waals surface area contributed by atoms with Gasteiger partial charge in [0.2, 0.25) is 11.8 Å². The van der Waals surface area contributed by atoms with Crippen molar-refractivity contribution in [3.05, 3.63) is 29.8 Å². The van der Waals surface area contributed by atoms with Crippen LogP contribution in [-0.4, -0.2) is 23.9 Å². The van der Waals surface area contributed by atoms with E-state index < -0.39 is 0 Å². The van der Waals surface area contributed by atoms with Gasteiger partial charge in [0.1, 0.15) is 5.75 Å². The Bertz CT molecular complexity index is 536. The molecule has 1 aliphatic heterocycles. The molecule has 0 aromatic heterocycles. The second-order valence-electron chi connectivity index (χ2n) is 6.01. The molecule has 5 nitrogen and oxygen atoms in total. The van der Waals surface area contributed by atoms with Crippen molar-refractivity contribution in [3.63, 3.8) is 0 Å². The minimum absolute atomic E-state index is 0.0239. The van der Waals surface area contributed by atoms with Crippen molar-refractivity contribution in [1.29, 1.82) is 0 Å². The van der Waals surface area contributed by atoms with Crippen LogP contribution in [0.2, 0.25) is 0 Å². The summed E-state index contributed by atoms with van der Waals surface area (Å²) < 4.78 is 5.17. The van der Waals surface area contributed by atoms with E-state index in [0.29, 0.717) is 6.42 Å². The van der Waals surface area contributed by atoms with Gasteiger partial charge >= 0.3 is 0 Å². The average Bonchev–Trinajstić information content (AvgIpc) is 2.96. The van der Waals surface area contributed by atoms with Gasteiger partial charge in [0.25, 0.3) is 0 Å². The second-order valence-corrected chi connectivity index (χ2v) is 6.01. The smallest absolute Gasteiger partial charge is 0.244 e. The number of hydrogen-bond donors (Lipinski definition) is 1. The van der Waals surface area contributed by atoms with Gasteiger partial charge in [0, 0.05) is 5.92 Å². The van der Waals surface area contributed by atoms with Gasteiger partial charge in [-0.05, 0) is 30.5 Å². The molecule has 1 saturated heterocycles. The Morgan fingerprint density at radius 2 is 1.87 bits per heavy atom. The van der Waals surface area contributed by atoms with Crippen LogP contribution >= 0.6 is 0 Å². The van der Waals surface area contributed by atoms with Crippen LogP contribution in [0.25, 0.3) is 0 Å². The van der Waals surface area contributed by atoms with Gasteiger partial charge in [-0.2, -0.15) is 0 Å². The third-order valence-corrected chi connectivity index (χ3v) is 4.30. The maximum absolute atomic E-state index is 12.9. The first-order valence-electron chi connectivity index (χ1n) is 8.37. The number of ether oxygens (including phenoxy) is 1. The largest absolute Gasteiger partial charge is 0.497 e. The normalized spacial score (nSPS) is 17.5. The highest BCUT2D eigenvalue weighted by Crippen LogP contribution is 2.31. The Labute approximate surface area is 138 Å². The van der Waals surface area contributed by atoms with Gasteiger partial charge < -0.3 is 4.74 Å². The molecule has 23 heavy (non-hydrogen) atoms. The van der Waals surface area contributed by atoms with E-state index in [-0.39, 0.29) is 23.8 Å². The van der Waals surface area contributed by atoms with Gasteiger partial charge in [-0.3, -0.25) is 15.0 Å². The monoisotopic (exact) mass is 318 g/mol. The number of nitrogens with one attached hydrogen (secondary N) is 1. The molecule has 0 saturated carbocycles. The third-order valence-electron chi connectivity index (χ3n) is 4.30. The Morgan fingerprint density at radius 1 is 1.26 bits per heavy atom. The first kappa shape index (κ1) is 17.3. The maximum Gasteiger partial charge on any atom is 0.244 e. The summed E-state index contributed by atoms with van der Waals surface area (Å²) in [5.41, 5.74) is 3.69. The van der Waals surface area contributed by atoms with Gasteiger partial charge in [0.15, 0.2) is 0 Å². The SMILES string of the molecule is CCCC(CCC)C(=O)N1NC(=O)CC1c1ccc(OC)cc1. The van der Waals surface area contributed by atoms with Gasteiger partial charge in [-0.1, -0.05) is 38.8 Å². The molecule has 0 aliphatic carbocycles. The zero-order valence-corrected chi connectivity index (χ0v) is 14.2. The molecule has 2 amide bonds. The van der Waals surface area contributed by atoms with Crippen molar-refractivity contribution in [1.82, 2.24) is 10.4 Å². The van der Waals surface area contributed by atoms with Crippen LogP contribution in [0.3, 0.4) is 0 Å².